The van der Waals surface area contributed by atoms with Crippen LogP contribution in [0.3, 0.4) is 0 Å². The quantitative estimate of drug-likeness (QED) is 0.783. The van der Waals surface area contributed by atoms with E-state index in [9.17, 15) is 9.90 Å². The van der Waals surface area contributed by atoms with Crippen LogP contribution in [-0.4, -0.2) is 61.4 Å². The second kappa shape index (κ2) is 7.38. The second-order valence-electron chi connectivity index (χ2n) is 6.30. The van der Waals surface area contributed by atoms with E-state index < -0.39 is 5.60 Å². The van der Waals surface area contributed by atoms with Crippen LogP contribution >= 0.6 is 0 Å². The molecule has 116 valence electrons. The van der Waals surface area contributed by atoms with Gasteiger partial charge in [0, 0.05) is 26.8 Å². The first-order valence-corrected chi connectivity index (χ1v) is 7.84. The number of carbonyl (C=O) groups is 1. The maximum absolute atomic E-state index is 11.5. The normalized spacial score (nSPS) is 29.3. The highest BCUT2D eigenvalue weighted by Crippen LogP contribution is 2.26. The van der Waals surface area contributed by atoms with Crippen LogP contribution < -0.4 is 5.32 Å². The van der Waals surface area contributed by atoms with Gasteiger partial charge in [0.1, 0.15) is 0 Å². The zero-order chi connectivity index (χ0) is 14.4. The number of nitrogens with one attached hydrogen (secondary N) is 1. The minimum absolute atomic E-state index is 0.0706. The Hall–Kier alpha value is -0.650. The minimum atomic E-state index is -0.839. The lowest BCUT2D eigenvalue weighted by molar-refractivity contribution is -0.128. The number of piperidine rings is 1. The molecule has 0 aromatic heterocycles. The fourth-order valence-corrected chi connectivity index (χ4v) is 3.33. The monoisotopic (exact) mass is 284 g/mol. The summed E-state index contributed by atoms with van der Waals surface area (Å²) in [6, 6.07) is 0. The van der Waals surface area contributed by atoms with E-state index in [0.717, 1.165) is 57.9 Å². The van der Waals surface area contributed by atoms with E-state index in [2.05, 4.69) is 10.2 Å². The van der Waals surface area contributed by atoms with E-state index in [1.807, 2.05) is 0 Å². The van der Waals surface area contributed by atoms with Gasteiger partial charge in [0.25, 0.3) is 0 Å². The van der Waals surface area contributed by atoms with Gasteiger partial charge in [-0.25, -0.2) is 0 Å². The zero-order valence-electron chi connectivity index (χ0n) is 12.6. The first-order valence-electron chi connectivity index (χ1n) is 7.84. The van der Waals surface area contributed by atoms with Crippen LogP contribution in [0.4, 0.5) is 0 Å². The van der Waals surface area contributed by atoms with Crippen molar-refractivity contribution in [2.24, 2.45) is 5.92 Å². The summed E-state index contributed by atoms with van der Waals surface area (Å²) in [5.41, 5.74) is -0.839. The second-order valence-corrected chi connectivity index (χ2v) is 6.30. The van der Waals surface area contributed by atoms with Crippen LogP contribution in [0.15, 0.2) is 0 Å². The molecule has 1 unspecified atom stereocenters. The largest absolute Gasteiger partial charge is 0.388 e. The molecule has 1 atom stereocenters. The molecule has 20 heavy (non-hydrogen) atoms. The number of likely N-dealkylation sites (tertiary alicyclic amines) is 1. The Bertz CT molecular complexity index is 318. The highest BCUT2D eigenvalue weighted by Gasteiger charge is 2.35. The third-order valence-electron chi connectivity index (χ3n) is 4.60. The van der Waals surface area contributed by atoms with Gasteiger partial charge in [-0.2, -0.15) is 0 Å². The Balaban J connectivity index is 1.76. The Morgan fingerprint density at radius 1 is 1.45 bits per heavy atom. The lowest BCUT2D eigenvalue weighted by Crippen LogP contribution is -2.50. The van der Waals surface area contributed by atoms with Gasteiger partial charge in [-0.05, 0) is 51.1 Å². The van der Waals surface area contributed by atoms with Crippen molar-refractivity contribution in [1.29, 1.82) is 0 Å². The first kappa shape index (κ1) is 15.7. The van der Waals surface area contributed by atoms with E-state index >= 15 is 0 Å². The average molecular weight is 284 g/mol. The molecule has 2 aliphatic heterocycles. The lowest BCUT2D eigenvalue weighted by Gasteiger charge is -2.39. The van der Waals surface area contributed by atoms with Crippen molar-refractivity contribution < 1.29 is 14.6 Å². The zero-order valence-corrected chi connectivity index (χ0v) is 12.6. The average Bonchev–Trinajstić information content (AvgIpc) is 2.46. The number of hydrogen-bond acceptors (Lipinski definition) is 4. The molecule has 2 aliphatic rings. The summed E-state index contributed by atoms with van der Waals surface area (Å²) >= 11 is 0. The van der Waals surface area contributed by atoms with Crippen LogP contribution in [0.25, 0.3) is 0 Å². The third kappa shape index (κ3) is 4.72. The molecule has 1 amide bonds. The molecule has 5 nitrogen and oxygen atoms in total. The number of carbonyl (C=O) groups excluding carboxylic acids is 1. The number of hydrogen-bond donors (Lipinski definition) is 2. The lowest BCUT2D eigenvalue weighted by atomic mass is 9.88. The summed E-state index contributed by atoms with van der Waals surface area (Å²) < 4.78 is 5.38. The van der Waals surface area contributed by atoms with E-state index in [0.29, 0.717) is 6.54 Å². The van der Waals surface area contributed by atoms with Crippen molar-refractivity contribution in [3.63, 3.8) is 0 Å². The summed E-state index contributed by atoms with van der Waals surface area (Å²) in [5.74, 6) is 0.691. The maximum Gasteiger partial charge on any atom is 0.222 e. The van der Waals surface area contributed by atoms with E-state index in [1.165, 1.54) is 6.42 Å². The number of ether oxygens (including phenoxy) is 1. The van der Waals surface area contributed by atoms with Gasteiger partial charge in [0.15, 0.2) is 0 Å². The molecule has 0 spiro atoms. The van der Waals surface area contributed by atoms with Crippen molar-refractivity contribution in [1.82, 2.24) is 10.2 Å². The SMILES string of the molecule is CNC(=O)CC1(O)CCCN(CCC2CCOCC2)C1. The van der Waals surface area contributed by atoms with E-state index in [-0.39, 0.29) is 12.3 Å². The molecule has 0 aliphatic carbocycles. The topological polar surface area (TPSA) is 61.8 Å². The molecule has 2 fully saturated rings. The van der Waals surface area contributed by atoms with Gasteiger partial charge in [-0.15, -0.1) is 0 Å². The molecule has 2 N–H and O–H groups in total. The number of amides is 1. The fraction of sp³-hybridized carbons (Fsp3) is 0.933. The summed E-state index contributed by atoms with van der Waals surface area (Å²) in [6.07, 6.45) is 5.43. The van der Waals surface area contributed by atoms with Crippen LogP contribution in [0, 0.1) is 5.92 Å². The predicted octanol–water partition coefficient (Wildman–Crippen LogP) is 0.766. The van der Waals surface area contributed by atoms with E-state index in [4.69, 9.17) is 4.74 Å². The molecule has 2 rings (SSSR count). The van der Waals surface area contributed by atoms with Crippen LogP contribution in [0.1, 0.15) is 38.5 Å². The van der Waals surface area contributed by atoms with Gasteiger partial charge in [0.2, 0.25) is 5.91 Å². The van der Waals surface area contributed by atoms with Crippen molar-refractivity contribution in [2.45, 2.75) is 44.1 Å². The summed E-state index contributed by atoms with van der Waals surface area (Å²) in [7, 11) is 1.62. The number of aliphatic hydroxyl groups is 1. The highest BCUT2D eigenvalue weighted by atomic mass is 16.5. The summed E-state index contributed by atoms with van der Waals surface area (Å²) in [4.78, 5) is 13.8. The Kier molecular flexibility index (Phi) is 5.81. The van der Waals surface area contributed by atoms with Crippen LogP contribution in [0.5, 0.6) is 0 Å². The molecular weight excluding hydrogens is 256 g/mol. The van der Waals surface area contributed by atoms with Crippen molar-refractivity contribution >= 4 is 5.91 Å². The summed E-state index contributed by atoms with van der Waals surface area (Å²) in [6.45, 7) is 4.49. The van der Waals surface area contributed by atoms with Gasteiger partial charge < -0.3 is 20.1 Å². The Labute approximate surface area is 121 Å². The Morgan fingerprint density at radius 3 is 2.90 bits per heavy atom. The van der Waals surface area contributed by atoms with Crippen molar-refractivity contribution in [3.8, 4) is 0 Å². The van der Waals surface area contributed by atoms with E-state index in [1.54, 1.807) is 7.05 Å². The van der Waals surface area contributed by atoms with Crippen molar-refractivity contribution in [2.75, 3.05) is 39.9 Å². The number of β-amino-alcohol motifs (C(OH)–C–C–N with tert-alkyl or cyclic N) is 1. The maximum atomic E-state index is 11.5. The molecular formula is C15H28N2O3. The van der Waals surface area contributed by atoms with Gasteiger partial charge in [-0.1, -0.05) is 0 Å². The highest BCUT2D eigenvalue weighted by molar-refractivity contribution is 5.76. The molecule has 0 radical (unpaired) electrons. The molecule has 0 aromatic carbocycles. The molecule has 0 bridgehead atoms. The first-order chi connectivity index (χ1) is 9.61. The Morgan fingerprint density at radius 2 is 2.20 bits per heavy atom. The predicted molar refractivity (Wildman–Crippen MR) is 77.5 cm³/mol. The van der Waals surface area contributed by atoms with Gasteiger partial charge in [0.05, 0.1) is 12.0 Å². The fourth-order valence-electron chi connectivity index (χ4n) is 3.33. The number of nitrogens with zero attached hydrogens (tertiary/aromatic N) is 1. The molecule has 5 heteroatoms. The van der Waals surface area contributed by atoms with Crippen LogP contribution in [0.2, 0.25) is 0 Å². The van der Waals surface area contributed by atoms with Gasteiger partial charge in [-0.3, -0.25) is 4.79 Å². The molecule has 2 heterocycles. The number of rotatable bonds is 5. The minimum Gasteiger partial charge on any atom is -0.388 e. The smallest absolute Gasteiger partial charge is 0.222 e. The third-order valence-corrected chi connectivity index (χ3v) is 4.60. The van der Waals surface area contributed by atoms with Gasteiger partial charge >= 0.3 is 0 Å². The standard InChI is InChI=1S/C15H28N2O3/c1-16-14(18)11-15(19)6-2-7-17(12-15)8-3-13-4-9-20-10-5-13/h13,19H,2-12H2,1H3,(H,16,18). The van der Waals surface area contributed by atoms with Crippen molar-refractivity contribution in [3.05, 3.63) is 0 Å². The molecule has 0 saturated carbocycles. The molecule has 0 aromatic rings. The summed E-state index contributed by atoms with van der Waals surface area (Å²) in [5, 5.41) is 13.2. The van der Waals surface area contributed by atoms with Crippen LogP contribution in [-0.2, 0) is 9.53 Å². The molecule has 2 saturated heterocycles.